The van der Waals surface area contributed by atoms with Gasteiger partial charge in [-0.3, -0.25) is 9.59 Å². The molecule has 0 spiro atoms. The lowest BCUT2D eigenvalue weighted by atomic mass is 9.82. The van der Waals surface area contributed by atoms with E-state index in [1.165, 1.54) is 18.1 Å². The van der Waals surface area contributed by atoms with Crippen LogP contribution in [0.2, 0.25) is 0 Å². The van der Waals surface area contributed by atoms with Crippen molar-refractivity contribution in [3.05, 3.63) is 29.3 Å². The van der Waals surface area contributed by atoms with Crippen LogP contribution in [0.15, 0.2) is 18.2 Å². The number of benzene rings is 1. The highest BCUT2D eigenvalue weighted by atomic mass is 16.5. The van der Waals surface area contributed by atoms with Crippen molar-refractivity contribution < 1.29 is 19.4 Å². The van der Waals surface area contributed by atoms with E-state index in [0.29, 0.717) is 6.54 Å². The summed E-state index contributed by atoms with van der Waals surface area (Å²) in [4.78, 5) is 22.5. The van der Waals surface area contributed by atoms with Gasteiger partial charge in [-0.2, -0.15) is 0 Å². The molecule has 0 saturated heterocycles. The Labute approximate surface area is 124 Å². The molecule has 1 aliphatic carbocycles. The van der Waals surface area contributed by atoms with Gasteiger partial charge in [-0.25, -0.2) is 0 Å². The van der Waals surface area contributed by atoms with Crippen LogP contribution in [0.1, 0.15) is 36.8 Å². The van der Waals surface area contributed by atoms with Crippen LogP contribution in [-0.2, 0) is 16.0 Å². The van der Waals surface area contributed by atoms with E-state index in [2.05, 4.69) is 5.32 Å². The van der Waals surface area contributed by atoms with E-state index in [-0.39, 0.29) is 5.92 Å². The smallest absolute Gasteiger partial charge is 0.315 e. The topological polar surface area (TPSA) is 75.6 Å². The summed E-state index contributed by atoms with van der Waals surface area (Å²) in [6, 6.07) is 6.02. The second-order valence-electron chi connectivity index (χ2n) is 5.46. The van der Waals surface area contributed by atoms with Crippen molar-refractivity contribution in [1.29, 1.82) is 0 Å². The molecule has 2 atom stereocenters. The Morgan fingerprint density at radius 2 is 2.24 bits per heavy atom. The minimum absolute atomic E-state index is 0.240. The van der Waals surface area contributed by atoms with Gasteiger partial charge in [0.25, 0.3) is 0 Å². The fraction of sp³-hybridized carbons (Fsp3) is 0.500. The Balaban J connectivity index is 2.03. The van der Waals surface area contributed by atoms with E-state index in [0.717, 1.165) is 25.0 Å². The van der Waals surface area contributed by atoms with Gasteiger partial charge in [0.1, 0.15) is 11.7 Å². The predicted molar refractivity (Wildman–Crippen MR) is 78.5 cm³/mol. The lowest BCUT2D eigenvalue weighted by Crippen LogP contribution is -2.36. The normalized spacial score (nSPS) is 18.5. The average molecular weight is 291 g/mol. The molecule has 5 nitrogen and oxygen atoms in total. The molecule has 2 N–H and O–H groups in total. The number of carbonyl (C=O) groups is 2. The fourth-order valence-electron chi connectivity index (χ4n) is 2.72. The second-order valence-corrected chi connectivity index (χ2v) is 5.46. The third-order valence-electron chi connectivity index (χ3n) is 4.08. The second kappa shape index (κ2) is 6.61. The molecule has 5 heteroatoms. The van der Waals surface area contributed by atoms with Crippen molar-refractivity contribution in [2.24, 2.45) is 5.92 Å². The first-order valence-electron chi connectivity index (χ1n) is 7.20. The van der Waals surface area contributed by atoms with Crippen LogP contribution >= 0.6 is 0 Å². The van der Waals surface area contributed by atoms with Crippen LogP contribution in [0.5, 0.6) is 5.75 Å². The summed E-state index contributed by atoms with van der Waals surface area (Å²) >= 11 is 0. The molecule has 1 aromatic rings. The molecule has 0 fully saturated rings. The lowest BCUT2D eigenvalue weighted by Gasteiger charge is -2.26. The highest BCUT2D eigenvalue weighted by molar-refractivity contribution is 5.96. The maximum Gasteiger partial charge on any atom is 0.315 e. The van der Waals surface area contributed by atoms with E-state index in [4.69, 9.17) is 9.84 Å². The Hall–Kier alpha value is -2.04. The van der Waals surface area contributed by atoms with Crippen molar-refractivity contribution in [3.63, 3.8) is 0 Å². The number of carboxylic acid groups (broad SMARTS) is 1. The summed E-state index contributed by atoms with van der Waals surface area (Å²) in [5.41, 5.74) is 2.48. The highest BCUT2D eigenvalue weighted by Gasteiger charge is 2.24. The Morgan fingerprint density at radius 1 is 1.48 bits per heavy atom. The van der Waals surface area contributed by atoms with Gasteiger partial charge in [0.2, 0.25) is 5.91 Å². The van der Waals surface area contributed by atoms with Gasteiger partial charge >= 0.3 is 5.97 Å². The summed E-state index contributed by atoms with van der Waals surface area (Å²) in [7, 11) is 1.65. The zero-order chi connectivity index (χ0) is 15.4. The van der Waals surface area contributed by atoms with E-state index < -0.39 is 17.8 Å². The van der Waals surface area contributed by atoms with Gasteiger partial charge < -0.3 is 15.2 Å². The molecule has 0 aliphatic heterocycles. The van der Waals surface area contributed by atoms with Crippen LogP contribution in [0.25, 0.3) is 0 Å². The first-order chi connectivity index (χ1) is 10.0. The maximum atomic E-state index is 11.7. The molecule has 2 rings (SSSR count). The van der Waals surface area contributed by atoms with Gasteiger partial charge in [-0.05, 0) is 49.4 Å². The monoisotopic (exact) mass is 291 g/mol. The number of carbonyl (C=O) groups excluding carboxylic acids is 1. The molecule has 0 bridgehead atoms. The number of ether oxygens (including phenoxy) is 1. The van der Waals surface area contributed by atoms with Gasteiger partial charge in [-0.1, -0.05) is 6.07 Å². The molecule has 114 valence electrons. The van der Waals surface area contributed by atoms with Gasteiger partial charge in [0.15, 0.2) is 0 Å². The van der Waals surface area contributed by atoms with Gasteiger partial charge in [0.05, 0.1) is 7.11 Å². The standard InChI is InChI=1S/C16H21NO4/c1-10(16(19)20)15(18)17-9-12-5-3-4-11-8-13(21-2)6-7-14(11)12/h6-8,10,12H,3-5,9H2,1-2H3,(H,17,18)(H,19,20). The number of hydrogen-bond donors (Lipinski definition) is 2. The van der Waals surface area contributed by atoms with Gasteiger partial charge in [-0.15, -0.1) is 0 Å². The number of nitrogens with one attached hydrogen (secondary N) is 1. The van der Waals surface area contributed by atoms with Gasteiger partial charge in [0, 0.05) is 12.5 Å². The van der Waals surface area contributed by atoms with E-state index in [9.17, 15) is 9.59 Å². The predicted octanol–water partition coefficient (Wildman–Crippen LogP) is 1.95. The van der Waals surface area contributed by atoms with E-state index in [1.807, 2.05) is 18.2 Å². The fourth-order valence-corrected chi connectivity index (χ4v) is 2.72. The number of methoxy groups -OCH3 is 1. The van der Waals surface area contributed by atoms with Crippen molar-refractivity contribution in [1.82, 2.24) is 5.32 Å². The zero-order valence-electron chi connectivity index (χ0n) is 12.4. The molecule has 1 aromatic carbocycles. The quantitative estimate of drug-likeness (QED) is 0.813. The summed E-state index contributed by atoms with van der Waals surface area (Å²) in [6.07, 6.45) is 3.08. The first-order valence-corrected chi connectivity index (χ1v) is 7.20. The van der Waals surface area contributed by atoms with Crippen LogP contribution in [0.3, 0.4) is 0 Å². The maximum absolute atomic E-state index is 11.7. The van der Waals surface area contributed by atoms with Crippen molar-refractivity contribution in [3.8, 4) is 5.75 Å². The molecule has 21 heavy (non-hydrogen) atoms. The van der Waals surface area contributed by atoms with Crippen molar-refractivity contribution >= 4 is 11.9 Å². The van der Waals surface area contributed by atoms with Crippen LogP contribution in [-0.4, -0.2) is 30.6 Å². The summed E-state index contributed by atoms with van der Waals surface area (Å²) in [5, 5.41) is 11.6. The SMILES string of the molecule is COc1ccc2c(c1)CCCC2CNC(=O)C(C)C(=O)O. The molecule has 0 saturated carbocycles. The minimum Gasteiger partial charge on any atom is -0.497 e. The number of hydrogen-bond acceptors (Lipinski definition) is 3. The van der Waals surface area contributed by atoms with E-state index in [1.54, 1.807) is 7.11 Å². The average Bonchev–Trinajstić information content (AvgIpc) is 2.50. The number of aryl methyl sites for hydroxylation is 1. The molecule has 0 heterocycles. The first kappa shape index (κ1) is 15.4. The van der Waals surface area contributed by atoms with Crippen LogP contribution in [0, 0.1) is 5.92 Å². The Kier molecular flexibility index (Phi) is 4.83. The molecule has 1 aliphatic rings. The van der Waals surface area contributed by atoms with Crippen molar-refractivity contribution in [2.45, 2.75) is 32.1 Å². The molecular formula is C16H21NO4. The lowest BCUT2D eigenvalue weighted by molar-refractivity contribution is -0.146. The number of aliphatic carboxylic acids is 1. The third kappa shape index (κ3) is 3.54. The molecule has 0 aromatic heterocycles. The Morgan fingerprint density at radius 3 is 2.90 bits per heavy atom. The summed E-state index contributed by atoms with van der Waals surface area (Å²) < 4.78 is 5.24. The number of amides is 1. The van der Waals surface area contributed by atoms with Crippen LogP contribution in [0.4, 0.5) is 0 Å². The Bertz CT molecular complexity index is 541. The molecule has 0 radical (unpaired) electrons. The number of fused-ring (bicyclic) bond motifs is 1. The van der Waals surface area contributed by atoms with Crippen molar-refractivity contribution in [2.75, 3.05) is 13.7 Å². The largest absolute Gasteiger partial charge is 0.497 e. The molecular weight excluding hydrogens is 270 g/mol. The molecule has 1 amide bonds. The summed E-state index contributed by atoms with van der Waals surface area (Å²) in [5.74, 6) is -1.45. The van der Waals surface area contributed by atoms with E-state index >= 15 is 0 Å². The summed E-state index contributed by atoms with van der Waals surface area (Å²) in [6.45, 7) is 1.88. The minimum atomic E-state index is -1.10. The molecule has 2 unspecified atom stereocenters. The highest BCUT2D eigenvalue weighted by Crippen LogP contribution is 2.33. The van der Waals surface area contributed by atoms with Crippen LogP contribution < -0.4 is 10.1 Å². The zero-order valence-corrected chi connectivity index (χ0v) is 12.4. The number of rotatable bonds is 5. The third-order valence-corrected chi connectivity index (χ3v) is 4.08. The number of carboxylic acids is 1.